The van der Waals surface area contributed by atoms with Gasteiger partial charge in [-0.05, 0) is 31.5 Å². The second-order valence-corrected chi connectivity index (χ2v) is 6.84. The van der Waals surface area contributed by atoms with Gasteiger partial charge in [0.1, 0.15) is 11.6 Å². The number of carboxylic acids is 1. The first-order chi connectivity index (χ1) is 12.4. The van der Waals surface area contributed by atoms with Crippen LogP contribution in [-0.4, -0.2) is 41.2 Å². The van der Waals surface area contributed by atoms with Crippen LogP contribution < -0.4 is 4.74 Å². The summed E-state index contributed by atoms with van der Waals surface area (Å²) >= 11 is 0. The SMILES string of the molecule is COc1c(C)cnc(CN2C[C@H](C(=O)O)[C@@H](c3ccc(F)cc3)C2)c1C. The monoisotopic (exact) mass is 358 g/mol. The summed E-state index contributed by atoms with van der Waals surface area (Å²) in [6.07, 6.45) is 1.78. The molecule has 2 heterocycles. The zero-order valence-corrected chi connectivity index (χ0v) is 15.2. The van der Waals surface area contributed by atoms with E-state index in [9.17, 15) is 14.3 Å². The van der Waals surface area contributed by atoms with Crippen molar-refractivity contribution in [2.45, 2.75) is 26.3 Å². The topological polar surface area (TPSA) is 62.7 Å². The van der Waals surface area contributed by atoms with E-state index in [-0.39, 0.29) is 11.7 Å². The van der Waals surface area contributed by atoms with Gasteiger partial charge in [0.15, 0.2) is 0 Å². The Balaban J connectivity index is 1.82. The molecular formula is C20H23FN2O3. The van der Waals surface area contributed by atoms with E-state index in [0.29, 0.717) is 19.6 Å². The lowest BCUT2D eigenvalue weighted by molar-refractivity contribution is -0.141. The van der Waals surface area contributed by atoms with Gasteiger partial charge in [-0.25, -0.2) is 4.39 Å². The smallest absolute Gasteiger partial charge is 0.308 e. The van der Waals surface area contributed by atoms with E-state index in [4.69, 9.17) is 4.74 Å². The quantitative estimate of drug-likeness (QED) is 0.890. The molecule has 0 aliphatic carbocycles. The second kappa shape index (κ2) is 7.41. The summed E-state index contributed by atoms with van der Waals surface area (Å²) in [5.74, 6) is -1.01. The van der Waals surface area contributed by atoms with Gasteiger partial charge in [-0.2, -0.15) is 0 Å². The molecule has 0 saturated carbocycles. The summed E-state index contributed by atoms with van der Waals surface area (Å²) in [7, 11) is 1.64. The van der Waals surface area contributed by atoms with Crippen molar-refractivity contribution in [3.05, 3.63) is 58.7 Å². The number of hydrogen-bond acceptors (Lipinski definition) is 4. The number of halogens is 1. The molecule has 5 nitrogen and oxygen atoms in total. The first-order valence-corrected chi connectivity index (χ1v) is 8.60. The van der Waals surface area contributed by atoms with Gasteiger partial charge in [0.2, 0.25) is 0 Å². The van der Waals surface area contributed by atoms with Crippen molar-refractivity contribution in [2.24, 2.45) is 5.92 Å². The molecule has 0 amide bonds. The summed E-state index contributed by atoms with van der Waals surface area (Å²) in [6.45, 7) is 5.51. The lowest BCUT2D eigenvalue weighted by Crippen LogP contribution is -2.24. The Morgan fingerprint density at radius 1 is 1.31 bits per heavy atom. The molecule has 1 aromatic heterocycles. The van der Waals surface area contributed by atoms with Gasteiger partial charge < -0.3 is 9.84 Å². The van der Waals surface area contributed by atoms with Crippen LogP contribution in [0.3, 0.4) is 0 Å². The van der Waals surface area contributed by atoms with Gasteiger partial charge in [0, 0.05) is 42.9 Å². The normalized spacial score (nSPS) is 20.3. The third-order valence-corrected chi connectivity index (χ3v) is 5.13. The molecule has 1 aliphatic heterocycles. The third-order valence-electron chi connectivity index (χ3n) is 5.13. The van der Waals surface area contributed by atoms with Crippen LogP contribution >= 0.6 is 0 Å². The van der Waals surface area contributed by atoms with Gasteiger partial charge in [0.25, 0.3) is 0 Å². The van der Waals surface area contributed by atoms with Crippen LogP contribution in [0.25, 0.3) is 0 Å². The molecular weight excluding hydrogens is 335 g/mol. The number of nitrogens with zero attached hydrogens (tertiary/aromatic N) is 2. The molecule has 26 heavy (non-hydrogen) atoms. The van der Waals surface area contributed by atoms with Gasteiger partial charge in [0.05, 0.1) is 18.7 Å². The molecule has 6 heteroatoms. The average molecular weight is 358 g/mol. The van der Waals surface area contributed by atoms with Gasteiger partial charge >= 0.3 is 5.97 Å². The highest BCUT2D eigenvalue weighted by atomic mass is 19.1. The fourth-order valence-corrected chi connectivity index (χ4v) is 3.75. The molecule has 1 fully saturated rings. The number of carboxylic acid groups (broad SMARTS) is 1. The van der Waals surface area contributed by atoms with Gasteiger partial charge in [-0.1, -0.05) is 12.1 Å². The van der Waals surface area contributed by atoms with Crippen LogP contribution in [-0.2, 0) is 11.3 Å². The van der Waals surface area contributed by atoms with E-state index in [1.54, 1.807) is 25.4 Å². The highest BCUT2D eigenvalue weighted by Gasteiger charge is 2.38. The molecule has 0 spiro atoms. The minimum atomic E-state index is -0.826. The second-order valence-electron chi connectivity index (χ2n) is 6.84. The molecule has 0 bridgehead atoms. The molecule has 1 aliphatic rings. The Morgan fingerprint density at radius 3 is 2.62 bits per heavy atom. The van der Waals surface area contributed by atoms with E-state index in [0.717, 1.165) is 28.1 Å². The zero-order valence-electron chi connectivity index (χ0n) is 15.2. The fourth-order valence-electron chi connectivity index (χ4n) is 3.75. The van der Waals surface area contributed by atoms with E-state index >= 15 is 0 Å². The van der Waals surface area contributed by atoms with Crippen LogP contribution in [0.2, 0.25) is 0 Å². The van der Waals surface area contributed by atoms with Crippen molar-refractivity contribution in [2.75, 3.05) is 20.2 Å². The van der Waals surface area contributed by atoms with Crippen LogP contribution in [0.5, 0.6) is 5.75 Å². The summed E-state index contributed by atoms with van der Waals surface area (Å²) in [5.41, 5.74) is 3.69. The van der Waals surface area contributed by atoms with E-state index < -0.39 is 11.9 Å². The Labute approximate surface area is 152 Å². The van der Waals surface area contributed by atoms with Crippen molar-refractivity contribution in [3.63, 3.8) is 0 Å². The predicted octanol–water partition coefficient (Wildman–Crippen LogP) is 3.15. The highest BCUT2D eigenvalue weighted by molar-refractivity contribution is 5.72. The number of aromatic nitrogens is 1. The molecule has 1 N–H and O–H groups in total. The van der Waals surface area contributed by atoms with Gasteiger partial charge in [-0.3, -0.25) is 14.7 Å². The van der Waals surface area contributed by atoms with E-state index in [1.807, 2.05) is 13.8 Å². The number of ether oxygens (including phenoxy) is 1. The van der Waals surface area contributed by atoms with Crippen molar-refractivity contribution in [1.29, 1.82) is 0 Å². The lowest BCUT2D eigenvalue weighted by Gasteiger charge is -2.18. The molecule has 138 valence electrons. The maximum Gasteiger partial charge on any atom is 0.308 e. The summed E-state index contributed by atoms with van der Waals surface area (Å²) < 4.78 is 18.6. The molecule has 0 radical (unpaired) electrons. The van der Waals surface area contributed by atoms with Crippen molar-refractivity contribution in [1.82, 2.24) is 9.88 Å². The largest absolute Gasteiger partial charge is 0.496 e. The molecule has 3 rings (SSSR count). The number of likely N-dealkylation sites (tertiary alicyclic amines) is 1. The van der Waals surface area contributed by atoms with E-state index in [1.165, 1.54) is 12.1 Å². The number of pyridine rings is 1. The standard InChI is InChI=1S/C20H23FN2O3/c1-12-8-22-18(13(2)19(12)26-3)11-23-9-16(17(10-23)20(24)25)14-4-6-15(21)7-5-14/h4-8,16-17H,9-11H2,1-3H3,(H,24,25)/t16-,17+/m1/s1. The number of methoxy groups -OCH3 is 1. The molecule has 2 aromatic rings. The Hall–Kier alpha value is -2.47. The summed E-state index contributed by atoms with van der Waals surface area (Å²) in [4.78, 5) is 18.3. The molecule has 1 aromatic carbocycles. The van der Waals surface area contributed by atoms with Crippen molar-refractivity contribution in [3.8, 4) is 5.75 Å². The maximum absolute atomic E-state index is 13.2. The van der Waals surface area contributed by atoms with Gasteiger partial charge in [-0.15, -0.1) is 0 Å². The minimum Gasteiger partial charge on any atom is -0.496 e. The summed E-state index contributed by atoms with van der Waals surface area (Å²) in [5, 5.41) is 9.62. The first-order valence-electron chi connectivity index (χ1n) is 8.60. The molecule has 1 saturated heterocycles. The fraction of sp³-hybridized carbons (Fsp3) is 0.400. The van der Waals surface area contributed by atoms with Crippen LogP contribution in [0.1, 0.15) is 28.3 Å². The number of benzene rings is 1. The lowest BCUT2D eigenvalue weighted by atomic mass is 9.89. The Morgan fingerprint density at radius 2 is 2.00 bits per heavy atom. The van der Waals surface area contributed by atoms with Crippen LogP contribution in [0.4, 0.5) is 4.39 Å². The van der Waals surface area contributed by atoms with E-state index in [2.05, 4.69) is 9.88 Å². The summed E-state index contributed by atoms with van der Waals surface area (Å²) in [6, 6.07) is 6.12. The van der Waals surface area contributed by atoms with Crippen molar-refractivity contribution < 1.29 is 19.0 Å². The van der Waals surface area contributed by atoms with Crippen LogP contribution in [0, 0.1) is 25.6 Å². The first kappa shape index (κ1) is 18.3. The number of hydrogen-bond donors (Lipinski definition) is 1. The maximum atomic E-state index is 13.2. The Kier molecular flexibility index (Phi) is 5.23. The number of carbonyl (C=O) groups is 1. The third kappa shape index (κ3) is 3.55. The Bertz CT molecular complexity index is 807. The number of aliphatic carboxylic acids is 1. The van der Waals surface area contributed by atoms with Crippen LogP contribution in [0.15, 0.2) is 30.5 Å². The van der Waals surface area contributed by atoms with Crippen molar-refractivity contribution >= 4 is 5.97 Å². The highest BCUT2D eigenvalue weighted by Crippen LogP contribution is 2.34. The number of rotatable bonds is 5. The molecule has 0 unspecified atom stereocenters. The average Bonchev–Trinajstić information content (AvgIpc) is 3.03. The predicted molar refractivity (Wildman–Crippen MR) is 95.8 cm³/mol. The zero-order chi connectivity index (χ0) is 18.8. The minimum absolute atomic E-state index is 0.166. The molecule has 2 atom stereocenters. The number of aryl methyl sites for hydroxylation is 1.